The summed E-state index contributed by atoms with van der Waals surface area (Å²) in [5, 5.41) is 10.3. The second kappa shape index (κ2) is 7.12. The van der Waals surface area contributed by atoms with Gasteiger partial charge in [-0.1, -0.05) is 30.3 Å². The first-order valence-corrected chi connectivity index (χ1v) is 8.69. The molecule has 0 aliphatic heterocycles. The highest BCUT2D eigenvalue weighted by atomic mass is 16.5. The predicted molar refractivity (Wildman–Crippen MR) is 107 cm³/mol. The second-order valence-corrected chi connectivity index (χ2v) is 6.28. The molecule has 1 aromatic heterocycles. The molecule has 1 heterocycles. The van der Waals surface area contributed by atoms with Crippen LogP contribution in [0.5, 0.6) is 17.4 Å². The number of carbonyl (C=O) groups excluding carboxylic acids is 1. The fourth-order valence-corrected chi connectivity index (χ4v) is 3.22. The Kier molecular flexibility index (Phi) is 4.49. The van der Waals surface area contributed by atoms with Crippen LogP contribution in [0.4, 0.5) is 0 Å². The molecule has 1 aliphatic carbocycles. The fraction of sp³-hybridized carbons (Fsp3) is 0.0870. The van der Waals surface area contributed by atoms with E-state index in [9.17, 15) is 9.90 Å². The van der Waals surface area contributed by atoms with E-state index in [1.165, 1.54) is 6.08 Å². The van der Waals surface area contributed by atoms with Gasteiger partial charge in [-0.25, -0.2) is 0 Å². The van der Waals surface area contributed by atoms with Crippen molar-refractivity contribution in [3.63, 3.8) is 0 Å². The lowest BCUT2D eigenvalue weighted by molar-refractivity contribution is -0.109. The Balaban J connectivity index is 1.81. The van der Waals surface area contributed by atoms with E-state index in [0.717, 1.165) is 11.1 Å². The molecule has 0 saturated heterocycles. The number of ether oxygens (including phenoxy) is 2. The smallest absolute Gasteiger partial charge is 0.289 e. The number of hydrogen-bond acceptors (Lipinski definition) is 5. The third-order valence-corrected chi connectivity index (χ3v) is 4.64. The van der Waals surface area contributed by atoms with E-state index in [-0.39, 0.29) is 11.7 Å². The van der Waals surface area contributed by atoms with Crippen molar-refractivity contribution < 1.29 is 23.8 Å². The standard InChI is InChI=1S/C23H18O5/c1-26-16-8-10-21(27-2)19(13-16)22-12-15(23(25)28-22)11-18-17-6-4-3-5-14(17)7-9-20(18)24/h3-13,25H,1-2H3. The Morgan fingerprint density at radius 3 is 2.57 bits per heavy atom. The third kappa shape index (κ3) is 3.07. The highest BCUT2D eigenvalue weighted by Gasteiger charge is 2.20. The van der Waals surface area contributed by atoms with Gasteiger partial charge in [0.05, 0.1) is 25.3 Å². The molecule has 0 fully saturated rings. The van der Waals surface area contributed by atoms with Crippen LogP contribution in [0.2, 0.25) is 0 Å². The largest absolute Gasteiger partial charge is 0.497 e. The summed E-state index contributed by atoms with van der Waals surface area (Å²) in [5.74, 6) is 1.23. The quantitative estimate of drug-likeness (QED) is 0.664. The maximum Gasteiger partial charge on any atom is 0.289 e. The Labute approximate surface area is 162 Å². The van der Waals surface area contributed by atoms with Crippen LogP contribution in [0.1, 0.15) is 16.7 Å². The molecule has 5 heteroatoms. The Morgan fingerprint density at radius 2 is 1.79 bits per heavy atom. The maximum absolute atomic E-state index is 12.4. The van der Waals surface area contributed by atoms with Crippen LogP contribution in [-0.2, 0) is 4.79 Å². The van der Waals surface area contributed by atoms with E-state index in [1.54, 1.807) is 50.6 Å². The number of hydrogen-bond donors (Lipinski definition) is 1. The van der Waals surface area contributed by atoms with Gasteiger partial charge in [-0.05, 0) is 47.5 Å². The Bertz CT molecular complexity index is 1120. The number of aromatic hydroxyl groups is 1. The van der Waals surface area contributed by atoms with Crippen molar-refractivity contribution in [2.24, 2.45) is 0 Å². The molecular weight excluding hydrogens is 356 g/mol. The van der Waals surface area contributed by atoms with E-state index < -0.39 is 0 Å². The maximum atomic E-state index is 12.4. The molecule has 4 rings (SSSR count). The van der Waals surface area contributed by atoms with E-state index in [0.29, 0.717) is 34.0 Å². The summed E-state index contributed by atoms with van der Waals surface area (Å²) in [5.41, 5.74) is 3.31. The molecule has 3 aromatic rings. The summed E-state index contributed by atoms with van der Waals surface area (Å²) in [6.45, 7) is 0. The first kappa shape index (κ1) is 17.7. The van der Waals surface area contributed by atoms with Crippen LogP contribution >= 0.6 is 0 Å². The number of carbonyl (C=O) groups is 1. The highest BCUT2D eigenvalue weighted by Crippen LogP contribution is 2.39. The summed E-state index contributed by atoms with van der Waals surface area (Å²) in [7, 11) is 3.13. The highest BCUT2D eigenvalue weighted by molar-refractivity contribution is 6.33. The van der Waals surface area contributed by atoms with E-state index in [4.69, 9.17) is 13.9 Å². The van der Waals surface area contributed by atoms with Crippen molar-refractivity contribution >= 4 is 23.5 Å². The van der Waals surface area contributed by atoms with Crippen LogP contribution in [-0.4, -0.2) is 25.1 Å². The molecule has 0 spiro atoms. The van der Waals surface area contributed by atoms with Gasteiger partial charge in [-0.3, -0.25) is 4.79 Å². The van der Waals surface area contributed by atoms with E-state index >= 15 is 0 Å². The zero-order chi connectivity index (χ0) is 19.7. The van der Waals surface area contributed by atoms with Gasteiger partial charge in [-0.2, -0.15) is 0 Å². The molecule has 0 bridgehead atoms. The van der Waals surface area contributed by atoms with Crippen LogP contribution < -0.4 is 9.47 Å². The molecule has 140 valence electrons. The number of allylic oxidation sites excluding steroid dienone is 2. The molecule has 1 N–H and O–H groups in total. The molecule has 2 aromatic carbocycles. The number of furan rings is 1. The monoisotopic (exact) mass is 374 g/mol. The number of methoxy groups -OCH3 is 2. The van der Waals surface area contributed by atoms with Gasteiger partial charge >= 0.3 is 0 Å². The topological polar surface area (TPSA) is 68.9 Å². The molecule has 1 aliphatic rings. The third-order valence-electron chi connectivity index (χ3n) is 4.64. The minimum atomic E-state index is -0.271. The molecule has 0 radical (unpaired) electrons. The van der Waals surface area contributed by atoms with Crippen LogP contribution in [0.3, 0.4) is 0 Å². The van der Waals surface area contributed by atoms with Gasteiger partial charge in [0.15, 0.2) is 5.78 Å². The van der Waals surface area contributed by atoms with Gasteiger partial charge in [-0.15, -0.1) is 0 Å². The first-order chi connectivity index (χ1) is 13.6. The molecule has 28 heavy (non-hydrogen) atoms. The molecular formula is C23H18O5. The van der Waals surface area contributed by atoms with Crippen molar-refractivity contribution in [2.45, 2.75) is 0 Å². The van der Waals surface area contributed by atoms with Crippen LogP contribution in [0, 0.1) is 0 Å². The molecule has 0 unspecified atom stereocenters. The zero-order valence-corrected chi connectivity index (χ0v) is 15.4. The number of fused-ring (bicyclic) bond motifs is 1. The lowest BCUT2D eigenvalue weighted by Crippen LogP contribution is -2.04. The molecule has 0 amide bonds. The normalized spacial score (nSPS) is 14.2. The minimum absolute atomic E-state index is 0.125. The van der Waals surface area contributed by atoms with Crippen LogP contribution in [0.15, 0.2) is 59.0 Å². The summed E-state index contributed by atoms with van der Waals surface area (Å²) in [6, 6.07) is 14.6. The zero-order valence-electron chi connectivity index (χ0n) is 15.4. The molecule has 5 nitrogen and oxygen atoms in total. The van der Waals surface area contributed by atoms with Crippen molar-refractivity contribution in [2.75, 3.05) is 14.2 Å². The van der Waals surface area contributed by atoms with Crippen molar-refractivity contribution in [3.05, 3.63) is 71.3 Å². The molecule has 0 saturated carbocycles. The van der Waals surface area contributed by atoms with Crippen molar-refractivity contribution in [3.8, 4) is 28.8 Å². The number of ketones is 1. The number of rotatable bonds is 4. The Morgan fingerprint density at radius 1 is 0.964 bits per heavy atom. The number of benzene rings is 2. The first-order valence-electron chi connectivity index (χ1n) is 8.69. The summed E-state index contributed by atoms with van der Waals surface area (Å²) in [4.78, 5) is 12.4. The van der Waals surface area contributed by atoms with E-state index in [2.05, 4.69) is 0 Å². The lowest BCUT2D eigenvalue weighted by Gasteiger charge is -2.12. The van der Waals surface area contributed by atoms with Gasteiger partial charge < -0.3 is 19.0 Å². The summed E-state index contributed by atoms with van der Waals surface area (Å²) >= 11 is 0. The predicted octanol–water partition coefficient (Wildman–Crippen LogP) is 4.81. The van der Waals surface area contributed by atoms with Gasteiger partial charge in [0.25, 0.3) is 5.95 Å². The lowest BCUT2D eigenvalue weighted by atomic mass is 9.90. The Hall–Kier alpha value is -3.73. The van der Waals surface area contributed by atoms with E-state index in [1.807, 2.05) is 24.3 Å². The van der Waals surface area contributed by atoms with Gasteiger partial charge in [0, 0.05) is 5.57 Å². The fourth-order valence-electron chi connectivity index (χ4n) is 3.22. The average molecular weight is 374 g/mol. The van der Waals surface area contributed by atoms with Crippen LogP contribution in [0.25, 0.3) is 29.0 Å². The van der Waals surface area contributed by atoms with Gasteiger partial charge in [0.1, 0.15) is 17.3 Å². The minimum Gasteiger partial charge on any atom is -0.497 e. The van der Waals surface area contributed by atoms with Gasteiger partial charge in [0.2, 0.25) is 0 Å². The average Bonchev–Trinajstić information content (AvgIpc) is 3.09. The summed E-state index contributed by atoms with van der Waals surface area (Å²) < 4.78 is 16.2. The summed E-state index contributed by atoms with van der Waals surface area (Å²) in [6.07, 6.45) is 4.95. The molecule has 0 atom stereocenters. The van der Waals surface area contributed by atoms with Crippen molar-refractivity contribution in [1.82, 2.24) is 0 Å². The van der Waals surface area contributed by atoms with Crippen molar-refractivity contribution in [1.29, 1.82) is 0 Å². The second-order valence-electron chi connectivity index (χ2n) is 6.28. The SMILES string of the molecule is COc1ccc(OC)c(-c2cc(C=C3C(=O)C=Cc4ccccc43)c(O)o2)c1.